The highest BCUT2D eigenvalue weighted by Gasteiger charge is 2.66. The number of hydrogen-bond acceptors (Lipinski definition) is 2. The minimum atomic E-state index is -0.419. The molecular formula is C14H22O2. The van der Waals surface area contributed by atoms with Crippen molar-refractivity contribution in [2.45, 2.75) is 70.5 Å². The predicted molar refractivity (Wildman–Crippen MR) is 62.2 cm³/mol. The van der Waals surface area contributed by atoms with Gasteiger partial charge in [-0.2, -0.15) is 0 Å². The van der Waals surface area contributed by atoms with Crippen LogP contribution in [0.5, 0.6) is 0 Å². The first-order chi connectivity index (χ1) is 7.40. The van der Waals surface area contributed by atoms with Gasteiger partial charge >= 0.3 is 0 Å². The Hall–Kier alpha value is -0.370. The highest BCUT2D eigenvalue weighted by atomic mass is 16.5. The van der Waals surface area contributed by atoms with Gasteiger partial charge in [-0.1, -0.05) is 6.92 Å². The van der Waals surface area contributed by atoms with E-state index in [2.05, 4.69) is 20.8 Å². The number of Topliss-reactive ketones (excluding diaryl/α,β-unsaturated/α-hetero) is 1. The van der Waals surface area contributed by atoms with E-state index in [1.165, 1.54) is 19.3 Å². The smallest absolute Gasteiger partial charge is 0.165 e. The fourth-order valence-electron chi connectivity index (χ4n) is 4.36. The highest BCUT2D eigenvalue weighted by molar-refractivity contribution is 5.89. The second kappa shape index (κ2) is 2.90. The SMILES string of the molecule is CC1(C)O[C@@]23C[C@@H]1CC[C@]2(C)CCCC3=O. The molecule has 2 heteroatoms. The van der Waals surface area contributed by atoms with Crippen LogP contribution in [0, 0.1) is 11.3 Å². The van der Waals surface area contributed by atoms with Crippen LogP contribution in [0.1, 0.15) is 59.3 Å². The van der Waals surface area contributed by atoms with Crippen molar-refractivity contribution in [1.82, 2.24) is 0 Å². The van der Waals surface area contributed by atoms with E-state index < -0.39 is 5.60 Å². The minimum Gasteiger partial charge on any atom is -0.360 e. The number of ether oxygens (including phenoxy) is 1. The van der Waals surface area contributed by atoms with Crippen LogP contribution in [0.3, 0.4) is 0 Å². The fraction of sp³-hybridized carbons (Fsp3) is 0.929. The maximum Gasteiger partial charge on any atom is 0.165 e. The van der Waals surface area contributed by atoms with Crippen LogP contribution < -0.4 is 0 Å². The van der Waals surface area contributed by atoms with Gasteiger partial charge in [0.25, 0.3) is 0 Å². The number of carbonyl (C=O) groups is 1. The third-order valence-electron chi connectivity index (χ3n) is 5.56. The molecule has 0 aromatic heterocycles. The summed E-state index contributed by atoms with van der Waals surface area (Å²) in [6.07, 6.45) is 6.35. The molecule has 3 atom stereocenters. The van der Waals surface area contributed by atoms with Crippen molar-refractivity contribution in [3.63, 3.8) is 0 Å². The van der Waals surface area contributed by atoms with Gasteiger partial charge in [0.05, 0.1) is 5.60 Å². The van der Waals surface area contributed by atoms with E-state index in [-0.39, 0.29) is 11.0 Å². The highest BCUT2D eigenvalue weighted by Crippen LogP contribution is 2.62. The number of carbonyl (C=O) groups excluding carboxylic acids is 1. The van der Waals surface area contributed by atoms with E-state index in [4.69, 9.17) is 4.74 Å². The predicted octanol–water partition coefficient (Wildman–Crippen LogP) is 3.09. The zero-order chi connectivity index (χ0) is 11.6. The van der Waals surface area contributed by atoms with Crippen molar-refractivity contribution < 1.29 is 9.53 Å². The summed E-state index contributed by atoms with van der Waals surface area (Å²) in [6, 6.07) is 0. The molecule has 1 spiro atoms. The standard InChI is InChI=1S/C14H22O2/c1-12(2)10-6-8-13(3)7-4-5-11(15)14(13,9-10)16-12/h10H,4-9H2,1-3H3/t10-,13-,14+/m0/s1. The van der Waals surface area contributed by atoms with E-state index in [1.54, 1.807) is 0 Å². The van der Waals surface area contributed by atoms with Crippen LogP contribution in [0.15, 0.2) is 0 Å². The molecule has 3 aliphatic rings. The molecule has 3 rings (SSSR count). The molecule has 0 N–H and O–H groups in total. The fourth-order valence-corrected chi connectivity index (χ4v) is 4.36. The van der Waals surface area contributed by atoms with Crippen LogP contribution in [-0.4, -0.2) is 17.0 Å². The molecule has 90 valence electrons. The van der Waals surface area contributed by atoms with E-state index >= 15 is 0 Å². The van der Waals surface area contributed by atoms with E-state index in [0.29, 0.717) is 11.7 Å². The Morgan fingerprint density at radius 3 is 2.75 bits per heavy atom. The number of hydrogen-bond donors (Lipinski definition) is 0. The molecule has 2 saturated carbocycles. The summed E-state index contributed by atoms with van der Waals surface area (Å²) in [4.78, 5) is 12.4. The Bertz CT molecular complexity index is 347. The molecule has 3 fully saturated rings. The summed E-state index contributed by atoms with van der Waals surface area (Å²) >= 11 is 0. The molecule has 0 amide bonds. The molecule has 0 aromatic carbocycles. The lowest BCUT2D eigenvalue weighted by atomic mass is 9.55. The molecule has 0 aromatic rings. The second-order valence-electron chi connectivity index (χ2n) is 6.81. The number of fused-ring (bicyclic) bond motifs is 1. The van der Waals surface area contributed by atoms with E-state index in [9.17, 15) is 4.79 Å². The summed E-state index contributed by atoms with van der Waals surface area (Å²) in [5.41, 5.74) is -0.394. The Kier molecular flexibility index (Phi) is 1.95. The number of rotatable bonds is 0. The van der Waals surface area contributed by atoms with Gasteiger partial charge < -0.3 is 4.74 Å². The minimum absolute atomic E-state index is 0.0925. The molecule has 1 saturated heterocycles. The molecule has 16 heavy (non-hydrogen) atoms. The third-order valence-corrected chi connectivity index (χ3v) is 5.56. The molecule has 2 aliphatic carbocycles. The van der Waals surface area contributed by atoms with Crippen molar-refractivity contribution in [1.29, 1.82) is 0 Å². The lowest BCUT2D eigenvalue weighted by molar-refractivity contribution is -0.181. The zero-order valence-electron chi connectivity index (χ0n) is 10.6. The van der Waals surface area contributed by atoms with Gasteiger partial charge in [-0.15, -0.1) is 0 Å². The van der Waals surface area contributed by atoms with Gasteiger partial charge in [0.15, 0.2) is 5.78 Å². The van der Waals surface area contributed by atoms with Crippen molar-refractivity contribution in [2.24, 2.45) is 11.3 Å². The first-order valence-corrected chi connectivity index (χ1v) is 6.63. The van der Waals surface area contributed by atoms with E-state index in [1.807, 2.05) is 0 Å². The van der Waals surface area contributed by atoms with Crippen LogP contribution in [-0.2, 0) is 9.53 Å². The summed E-state index contributed by atoms with van der Waals surface area (Å²) < 4.78 is 6.33. The average Bonchev–Trinajstić information content (AvgIpc) is 2.42. The molecule has 0 radical (unpaired) electrons. The van der Waals surface area contributed by atoms with Crippen molar-refractivity contribution in [3.05, 3.63) is 0 Å². The second-order valence-corrected chi connectivity index (χ2v) is 6.81. The molecule has 1 heterocycles. The quantitative estimate of drug-likeness (QED) is 0.629. The first kappa shape index (κ1) is 10.8. The van der Waals surface area contributed by atoms with Gasteiger partial charge in [0.2, 0.25) is 0 Å². The summed E-state index contributed by atoms with van der Waals surface area (Å²) in [7, 11) is 0. The Balaban J connectivity index is 2.07. The van der Waals surface area contributed by atoms with Gasteiger partial charge in [0.1, 0.15) is 5.60 Å². The van der Waals surface area contributed by atoms with E-state index in [0.717, 1.165) is 19.3 Å². The molecular weight excluding hydrogens is 200 g/mol. The van der Waals surface area contributed by atoms with Gasteiger partial charge in [-0.3, -0.25) is 4.79 Å². The molecule has 0 unspecified atom stereocenters. The van der Waals surface area contributed by atoms with Crippen LogP contribution in [0.2, 0.25) is 0 Å². The average molecular weight is 222 g/mol. The van der Waals surface area contributed by atoms with Crippen LogP contribution in [0.4, 0.5) is 0 Å². The maximum absolute atomic E-state index is 12.4. The lowest BCUT2D eigenvalue weighted by Crippen LogP contribution is -2.56. The topological polar surface area (TPSA) is 26.3 Å². The van der Waals surface area contributed by atoms with Crippen LogP contribution >= 0.6 is 0 Å². The summed E-state index contributed by atoms with van der Waals surface area (Å²) in [5, 5.41) is 0. The normalized spacial score (nSPS) is 50.2. The Morgan fingerprint density at radius 2 is 2.00 bits per heavy atom. The Morgan fingerprint density at radius 1 is 1.25 bits per heavy atom. The van der Waals surface area contributed by atoms with Crippen LogP contribution in [0.25, 0.3) is 0 Å². The monoisotopic (exact) mass is 222 g/mol. The largest absolute Gasteiger partial charge is 0.360 e. The van der Waals surface area contributed by atoms with Gasteiger partial charge in [-0.05, 0) is 51.9 Å². The lowest BCUT2D eigenvalue weighted by Gasteiger charge is -2.50. The van der Waals surface area contributed by atoms with Crippen molar-refractivity contribution in [2.75, 3.05) is 0 Å². The number of ketones is 1. The first-order valence-electron chi connectivity index (χ1n) is 6.63. The zero-order valence-corrected chi connectivity index (χ0v) is 10.6. The van der Waals surface area contributed by atoms with Gasteiger partial charge in [0, 0.05) is 11.8 Å². The van der Waals surface area contributed by atoms with Gasteiger partial charge in [-0.25, -0.2) is 0 Å². The summed E-state index contributed by atoms with van der Waals surface area (Å²) in [6.45, 7) is 6.61. The Labute approximate surface area is 97.7 Å². The summed E-state index contributed by atoms with van der Waals surface area (Å²) in [5.74, 6) is 0.971. The molecule has 2 bridgehead atoms. The molecule has 1 aliphatic heterocycles. The van der Waals surface area contributed by atoms with Crippen molar-refractivity contribution >= 4 is 5.78 Å². The third kappa shape index (κ3) is 1.09. The maximum atomic E-state index is 12.4. The molecule has 2 nitrogen and oxygen atoms in total. The van der Waals surface area contributed by atoms with Crippen molar-refractivity contribution in [3.8, 4) is 0 Å².